The first kappa shape index (κ1) is 9.62. The molecule has 6 heteroatoms. The first-order valence-electron chi connectivity index (χ1n) is 2.58. The molecule has 0 radical (unpaired) electrons. The second kappa shape index (κ2) is 3.14. The Kier molecular flexibility index (Phi) is 3.02. The Morgan fingerprint density at radius 1 is 1.50 bits per heavy atom. The minimum atomic E-state index is -5.13. The van der Waals surface area contributed by atoms with E-state index in [0.29, 0.717) is 0 Å². The van der Waals surface area contributed by atoms with Gasteiger partial charge in [-0.25, -0.2) is 0 Å². The highest BCUT2D eigenvalue weighted by molar-refractivity contribution is 7.43. The summed E-state index contributed by atoms with van der Waals surface area (Å²) in [5, 5.41) is 0. The van der Waals surface area contributed by atoms with Crippen LogP contribution >= 0.6 is 7.82 Å². The Labute approximate surface area is 58.2 Å². The topological polar surface area (TPSA) is 89.5 Å². The van der Waals surface area contributed by atoms with Crippen LogP contribution in [0.25, 0.3) is 0 Å². The molecule has 0 aromatic heterocycles. The zero-order valence-corrected chi connectivity index (χ0v) is 6.46. The molecule has 0 rings (SSSR count). The maximum absolute atomic E-state index is 10.4. The molecule has 0 atom stereocenters. The van der Waals surface area contributed by atoms with Crippen molar-refractivity contribution in [1.82, 2.24) is 0 Å². The molecule has 0 bridgehead atoms. The van der Waals surface area contributed by atoms with E-state index in [1.54, 1.807) is 0 Å². The Bertz CT molecular complexity index is 168. The van der Waals surface area contributed by atoms with Gasteiger partial charge in [-0.05, 0) is 0 Å². The van der Waals surface area contributed by atoms with Gasteiger partial charge >= 0.3 is 5.97 Å². The minimum Gasteiger partial charge on any atom is -0.780 e. The molecular formula is C4H7O5P-2. The molecule has 0 spiro atoms. The number of phosphoric acid groups is 1. The van der Waals surface area contributed by atoms with Gasteiger partial charge in [0.1, 0.15) is 7.82 Å². The van der Waals surface area contributed by atoms with Crippen molar-refractivity contribution in [3.63, 3.8) is 0 Å². The van der Waals surface area contributed by atoms with E-state index in [9.17, 15) is 19.1 Å². The van der Waals surface area contributed by atoms with Crippen LogP contribution in [0.5, 0.6) is 0 Å². The van der Waals surface area contributed by atoms with Gasteiger partial charge in [0.05, 0.1) is 5.92 Å². The maximum Gasteiger partial charge on any atom is 0.311 e. The lowest BCUT2D eigenvalue weighted by atomic mass is 10.2. The van der Waals surface area contributed by atoms with Crippen molar-refractivity contribution in [1.29, 1.82) is 0 Å². The van der Waals surface area contributed by atoms with Gasteiger partial charge in [-0.1, -0.05) is 13.8 Å². The van der Waals surface area contributed by atoms with E-state index in [1.807, 2.05) is 0 Å². The lowest BCUT2D eigenvalue weighted by Crippen LogP contribution is -2.22. The summed E-state index contributed by atoms with van der Waals surface area (Å²) < 4.78 is 13.3. The van der Waals surface area contributed by atoms with Gasteiger partial charge in [-0.3, -0.25) is 4.79 Å². The zero-order chi connectivity index (χ0) is 8.36. The third kappa shape index (κ3) is 4.49. The van der Waals surface area contributed by atoms with Crippen LogP contribution in [-0.2, 0) is 13.9 Å². The van der Waals surface area contributed by atoms with E-state index in [4.69, 9.17) is 0 Å². The summed E-state index contributed by atoms with van der Waals surface area (Å²) in [5.74, 6) is -1.62. The average Bonchev–Trinajstić information content (AvgIpc) is 1.60. The summed E-state index contributed by atoms with van der Waals surface area (Å²) in [7, 11) is -5.13. The summed E-state index contributed by atoms with van der Waals surface area (Å²) in [6, 6.07) is 0. The summed E-state index contributed by atoms with van der Waals surface area (Å²) in [4.78, 5) is 29.9. The van der Waals surface area contributed by atoms with Gasteiger partial charge < -0.3 is 18.9 Å². The van der Waals surface area contributed by atoms with E-state index in [1.165, 1.54) is 13.8 Å². The molecule has 0 aliphatic carbocycles. The quantitative estimate of drug-likeness (QED) is 0.491. The number of hydrogen-bond acceptors (Lipinski definition) is 5. The third-order valence-electron chi connectivity index (χ3n) is 0.673. The highest BCUT2D eigenvalue weighted by Gasteiger charge is 2.08. The van der Waals surface area contributed by atoms with Gasteiger partial charge in [0.15, 0.2) is 0 Å². The Balaban J connectivity index is 3.94. The van der Waals surface area contributed by atoms with Gasteiger partial charge in [0.2, 0.25) is 0 Å². The van der Waals surface area contributed by atoms with Crippen molar-refractivity contribution < 1.29 is 23.7 Å². The monoisotopic (exact) mass is 166 g/mol. The van der Waals surface area contributed by atoms with Crippen molar-refractivity contribution in [3.05, 3.63) is 0 Å². The molecule has 0 heterocycles. The predicted octanol–water partition coefficient (Wildman–Crippen LogP) is -0.986. The molecule has 0 saturated heterocycles. The van der Waals surface area contributed by atoms with Crippen molar-refractivity contribution in [3.8, 4) is 0 Å². The minimum absolute atomic E-state index is 0.601. The fourth-order valence-electron chi connectivity index (χ4n) is 0.216. The van der Waals surface area contributed by atoms with E-state index >= 15 is 0 Å². The SMILES string of the molecule is CC(C)C(=O)OP(=O)([O-])[O-]. The maximum atomic E-state index is 10.4. The number of hydrogen-bond donors (Lipinski definition) is 0. The van der Waals surface area contributed by atoms with Crippen LogP contribution in [0.1, 0.15) is 13.8 Å². The first-order valence-corrected chi connectivity index (χ1v) is 4.04. The van der Waals surface area contributed by atoms with Crippen molar-refractivity contribution >= 4 is 13.8 Å². The Morgan fingerprint density at radius 2 is 1.90 bits per heavy atom. The molecule has 0 aliphatic heterocycles. The highest BCUT2D eigenvalue weighted by Crippen LogP contribution is 2.25. The fraction of sp³-hybridized carbons (Fsp3) is 0.750. The summed E-state index contributed by atoms with van der Waals surface area (Å²) in [5.41, 5.74) is 0. The van der Waals surface area contributed by atoms with E-state index in [-0.39, 0.29) is 0 Å². The van der Waals surface area contributed by atoms with Crippen LogP contribution in [0.3, 0.4) is 0 Å². The Hall–Kier alpha value is -0.380. The molecule has 0 saturated carbocycles. The van der Waals surface area contributed by atoms with Crippen LogP contribution in [0.15, 0.2) is 0 Å². The largest absolute Gasteiger partial charge is 0.780 e. The smallest absolute Gasteiger partial charge is 0.311 e. The molecule has 0 amide bonds. The summed E-state index contributed by atoms with van der Waals surface area (Å²) in [6.45, 7) is 2.86. The lowest BCUT2D eigenvalue weighted by Gasteiger charge is -2.28. The third-order valence-corrected chi connectivity index (χ3v) is 1.08. The molecule has 0 aliphatic rings. The standard InChI is InChI=1S/C4H9O5P/c1-3(2)4(5)9-10(6,7)8/h3H,1-2H3,(H2,6,7,8)/p-2. The highest BCUT2D eigenvalue weighted by atomic mass is 31.2. The average molecular weight is 166 g/mol. The van der Waals surface area contributed by atoms with Gasteiger partial charge in [-0.2, -0.15) is 0 Å². The normalized spacial score (nSPS) is 11.7. The molecule has 10 heavy (non-hydrogen) atoms. The molecule has 5 nitrogen and oxygen atoms in total. The number of rotatable bonds is 2. The van der Waals surface area contributed by atoms with Crippen LogP contribution in [0.4, 0.5) is 0 Å². The van der Waals surface area contributed by atoms with Crippen molar-refractivity contribution in [2.45, 2.75) is 13.8 Å². The second-order valence-electron chi connectivity index (χ2n) is 2.01. The molecule has 0 aromatic rings. The van der Waals surface area contributed by atoms with Crippen LogP contribution in [0, 0.1) is 5.92 Å². The van der Waals surface area contributed by atoms with E-state index in [0.717, 1.165) is 0 Å². The van der Waals surface area contributed by atoms with Crippen molar-refractivity contribution in [2.24, 2.45) is 5.92 Å². The van der Waals surface area contributed by atoms with Gasteiger partial charge in [-0.15, -0.1) is 0 Å². The molecule has 0 unspecified atom stereocenters. The van der Waals surface area contributed by atoms with E-state index in [2.05, 4.69) is 4.52 Å². The zero-order valence-electron chi connectivity index (χ0n) is 5.57. The number of carbonyl (C=O) groups excluding carboxylic acids is 1. The predicted molar refractivity (Wildman–Crippen MR) is 28.5 cm³/mol. The van der Waals surface area contributed by atoms with E-state index < -0.39 is 19.7 Å². The molecule has 0 N–H and O–H groups in total. The fourth-order valence-corrected chi connectivity index (χ4v) is 0.647. The van der Waals surface area contributed by atoms with Crippen molar-refractivity contribution in [2.75, 3.05) is 0 Å². The molecule has 60 valence electrons. The van der Waals surface area contributed by atoms with Gasteiger partial charge in [0.25, 0.3) is 0 Å². The summed E-state index contributed by atoms with van der Waals surface area (Å²) in [6.07, 6.45) is 0. The van der Waals surface area contributed by atoms with Crippen LogP contribution in [-0.4, -0.2) is 5.97 Å². The molecule has 0 aromatic carbocycles. The van der Waals surface area contributed by atoms with Gasteiger partial charge in [0, 0.05) is 0 Å². The molecule has 0 fully saturated rings. The van der Waals surface area contributed by atoms with Crippen LogP contribution < -0.4 is 9.79 Å². The number of carbonyl (C=O) groups is 1. The molecular weight excluding hydrogens is 159 g/mol. The first-order chi connectivity index (χ1) is 4.33. The second-order valence-corrected chi connectivity index (χ2v) is 3.09. The van der Waals surface area contributed by atoms with Crippen LogP contribution in [0.2, 0.25) is 0 Å². The summed E-state index contributed by atoms with van der Waals surface area (Å²) >= 11 is 0. The number of phosphoric ester groups is 1. The Morgan fingerprint density at radius 3 is 2.00 bits per heavy atom. The lowest BCUT2D eigenvalue weighted by molar-refractivity contribution is -0.338.